The molecule has 0 spiro atoms. The van der Waals surface area contributed by atoms with Gasteiger partial charge in [0.1, 0.15) is 5.75 Å². The molecule has 0 heterocycles. The van der Waals surface area contributed by atoms with Crippen LogP contribution in [-0.4, -0.2) is 42.2 Å². The van der Waals surface area contributed by atoms with Gasteiger partial charge < -0.3 is 20.5 Å². The molecule has 1 rings (SSSR count). The van der Waals surface area contributed by atoms with Gasteiger partial charge in [-0.25, -0.2) is 0 Å². The zero-order chi connectivity index (χ0) is 15.1. The highest BCUT2D eigenvalue weighted by atomic mass is 16.5. The Morgan fingerprint density at radius 1 is 1.45 bits per heavy atom. The summed E-state index contributed by atoms with van der Waals surface area (Å²) in [5.41, 5.74) is 7.52. The fourth-order valence-electron chi connectivity index (χ4n) is 1.83. The third kappa shape index (κ3) is 5.09. The second-order valence-corrected chi connectivity index (χ2v) is 5.08. The molecule has 0 fully saturated rings. The van der Waals surface area contributed by atoms with E-state index in [1.165, 1.54) is 4.90 Å². The fourth-order valence-corrected chi connectivity index (χ4v) is 1.83. The van der Waals surface area contributed by atoms with Gasteiger partial charge in [0.2, 0.25) is 5.91 Å². The Hall–Kier alpha value is -1.75. The minimum absolute atomic E-state index is 0.0140. The first-order chi connectivity index (χ1) is 9.43. The summed E-state index contributed by atoms with van der Waals surface area (Å²) in [4.78, 5) is 13.3. The summed E-state index contributed by atoms with van der Waals surface area (Å²) in [6.45, 7) is 4.24. The SMILES string of the molecule is CC(C)Oc1ccc(CCC(=O)N(C)CCO)cc1N. The Morgan fingerprint density at radius 3 is 2.70 bits per heavy atom. The number of anilines is 1. The highest BCUT2D eigenvalue weighted by Crippen LogP contribution is 2.24. The maximum atomic E-state index is 11.8. The number of likely N-dealkylation sites (N-methyl/N-ethyl adjacent to an activating group) is 1. The Kier molecular flexibility index (Phi) is 6.31. The molecule has 1 amide bonds. The van der Waals surface area contributed by atoms with Gasteiger partial charge >= 0.3 is 0 Å². The molecule has 0 aliphatic heterocycles. The summed E-state index contributed by atoms with van der Waals surface area (Å²) in [7, 11) is 1.69. The summed E-state index contributed by atoms with van der Waals surface area (Å²) in [6, 6.07) is 5.61. The van der Waals surface area contributed by atoms with Crippen molar-refractivity contribution < 1.29 is 14.6 Å². The van der Waals surface area contributed by atoms with E-state index < -0.39 is 0 Å². The molecule has 0 aliphatic rings. The van der Waals surface area contributed by atoms with E-state index in [4.69, 9.17) is 15.6 Å². The number of nitrogen functional groups attached to an aromatic ring is 1. The lowest BCUT2D eigenvalue weighted by atomic mass is 10.1. The first kappa shape index (κ1) is 16.3. The van der Waals surface area contributed by atoms with E-state index in [1.54, 1.807) is 7.05 Å². The van der Waals surface area contributed by atoms with Crippen LogP contribution in [0.3, 0.4) is 0 Å². The Labute approximate surface area is 120 Å². The topological polar surface area (TPSA) is 75.8 Å². The summed E-state index contributed by atoms with van der Waals surface area (Å²) < 4.78 is 5.57. The van der Waals surface area contributed by atoms with Crippen LogP contribution in [0.4, 0.5) is 5.69 Å². The van der Waals surface area contributed by atoms with Crippen molar-refractivity contribution in [2.75, 3.05) is 25.9 Å². The third-order valence-corrected chi connectivity index (χ3v) is 2.93. The lowest BCUT2D eigenvalue weighted by molar-refractivity contribution is -0.130. The molecular weight excluding hydrogens is 256 g/mol. The smallest absolute Gasteiger partial charge is 0.222 e. The van der Waals surface area contributed by atoms with Gasteiger partial charge in [-0.1, -0.05) is 6.07 Å². The van der Waals surface area contributed by atoms with Crippen molar-refractivity contribution in [3.8, 4) is 5.75 Å². The van der Waals surface area contributed by atoms with E-state index in [2.05, 4.69) is 0 Å². The van der Waals surface area contributed by atoms with Gasteiger partial charge in [0.25, 0.3) is 0 Å². The minimum Gasteiger partial charge on any atom is -0.489 e. The van der Waals surface area contributed by atoms with E-state index in [-0.39, 0.29) is 18.6 Å². The number of carbonyl (C=O) groups is 1. The highest BCUT2D eigenvalue weighted by Gasteiger charge is 2.09. The zero-order valence-corrected chi connectivity index (χ0v) is 12.4. The first-order valence-corrected chi connectivity index (χ1v) is 6.84. The lowest BCUT2D eigenvalue weighted by Gasteiger charge is -2.16. The molecule has 1 aromatic carbocycles. The van der Waals surface area contributed by atoms with Crippen LogP contribution in [0.25, 0.3) is 0 Å². The van der Waals surface area contributed by atoms with Crippen LogP contribution in [0.1, 0.15) is 25.8 Å². The first-order valence-electron chi connectivity index (χ1n) is 6.84. The Bertz CT molecular complexity index is 447. The number of nitrogens with zero attached hydrogens (tertiary/aromatic N) is 1. The van der Waals surface area contributed by atoms with Crippen LogP contribution in [0.5, 0.6) is 5.75 Å². The van der Waals surface area contributed by atoms with Crippen molar-refractivity contribution in [2.24, 2.45) is 0 Å². The molecule has 0 saturated carbocycles. The van der Waals surface area contributed by atoms with E-state index in [0.717, 1.165) is 5.56 Å². The van der Waals surface area contributed by atoms with Crippen LogP contribution in [0.15, 0.2) is 18.2 Å². The van der Waals surface area contributed by atoms with Crippen molar-refractivity contribution in [2.45, 2.75) is 32.8 Å². The highest BCUT2D eigenvalue weighted by molar-refractivity contribution is 5.76. The molecule has 5 heteroatoms. The maximum absolute atomic E-state index is 11.8. The Balaban J connectivity index is 2.57. The van der Waals surface area contributed by atoms with Crippen molar-refractivity contribution >= 4 is 11.6 Å². The van der Waals surface area contributed by atoms with E-state index in [1.807, 2.05) is 32.0 Å². The van der Waals surface area contributed by atoms with Gasteiger partial charge in [-0.3, -0.25) is 4.79 Å². The number of aryl methyl sites for hydroxylation is 1. The van der Waals surface area contributed by atoms with Gasteiger partial charge in [0.05, 0.1) is 18.4 Å². The molecular formula is C15H24N2O3. The van der Waals surface area contributed by atoms with Gasteiger partial charge in [-0.05, 0) is 38.0 Å². The number of rotatable bonds is 7. The summed E-state index contributed by atoms with van der Waals surface area (Å²) >= 11 is 0. The number of amides is 1. The molecule has 0 atom stereocenters. The zero-order valence-electron chi connectivity index (χ0n) is 12.4. The van der Waals surface area contributed by atoms with Crippen LogP contribution in [0.2, 0.25) is 0 Å². The van der Waals surface area contributed by atoms with Crippen molar-refractivity contribution in [3.05, 3.63) is 23.8 Å². The molecule has 112 valence electrons. The number of benzene rings is 1. The molecule has 0 radical (unpaired) electrons. The summed E-state index contributed by atoms with van der Waals surface area (Å²) in [5, 5.41) is 8.79. The molecule has 0 aromatic heterocycles. The van der Waals surface area contributed by atoms with Gasteiger partial charge in [-0.2, -0.15) is 0 Å². The predicted molar refractivity (Wildman–Crippen MR) is 79.7 cm³/mol. The minimum atomic E-state index is -0.0174. The Morgan fingerprint density at radius 2 is 2.15 bits per heavy atom. The summed E-state index contributed by atoms with van der Waals surface area (Å²) in [6.07, 6.45) is 1.11. The number of hydrogen-bond donors (Lipinski definition) is 2. The van der Waals surface area contributed by atoms with Gasteiger partial charge in [0.15, 0.2) is 0 Å². The van der Waals surface area contributed by atoms with Crippen molar-refractivity contribution in [3.63, 3.8) is 0 Å². The average Bonchev–Trinajstić information content (AvgIpc) is 2.38. The van der Waals surface area contributed by atoms with Crippen LogP contribution in [0, 0.1) is 0 Å². The molecule has 0 aliphatic carbocycles. The van der Waals surface area contributed by atoms with Crippen molar-refractivity contribution in [1.82, 2.24) is 4.90 Å². The molecule has 3 N–H and O–H groups in total. The molecule has 0 saturated heterocycles. The quantitative estimate of drug-likeness (QED) is 0.741. The van der Waals surface area contributed by atoms with Gasteiger partial charge in [-0.15, -0.1) is 0 Å². The number of hydrogen-bond acceptors (Lipinski definition) is 4. The number of ether oxygens (including phenoxy) is 1. The molecule has 1 aromatic rings. The number of aliphatic hydroxyl groups is 1. The lowest BCUT2D eigenvalue weighted by Crippen LogP contribution is -2.29. The van der Waals surface area contributed by atoms with E-state index >= 15 is 0 Å². The monoisotopic (exact) mass is 280 g/mol. The normalized spacial score (nSPS) is 10.7. The summed E-state index contributed by atoms with van der Waals surface area (Å²) in [5.74, 6) is 0.688. The molecule has 5 nitrogen and oxygen atoms in total. The van der Waals surface area contributed by atoms with E-state index in [0.29, 0.717) is 30.8 Å². The van der Waals surface area contributed by atoms with Crippen molar-refractivity contribution in [1.29, 1.82) is 0 Å². The van der Waals surface area contributed by atoms with Crippen LogP contribution in [-0.2, 0) is 11.2 Å². The fraction of sp³-hybridized carbons (Fsp3) is 0.533. The predicted octanol–water partition coefficient (Wildman–Crippen LogP) is 1.44. The second-order valence-electron chi connectivity index (χ2n) is 5.08. The van der Waals surface area contributed by atoms with E-state index in [9.17, 15) is 4.79 Å². The second kappa shape index (κ2) is 7.75. The number of nitrogens with two attached hydrogens (primary N) is 1. The number of carbonyl (C=O) groups excluding carboxylic acids is 1. The van der Waals surface area contributed by atoms with Crippen LogP contribution >= 0.6 is 0 Å². The largest absolute Gasteiger partial charge is 0.489 e. The van der Waals surface area contributed by atoms with Crippen LogP contribution < -0.4 is 10.5 Å². The molecule has 0 bridgehead atoms. The average molecular weight is 280 g/mol. The van der Waals surface area contributed by atoms with Gasteiger partial charge in [0, 0.05) is 20.0 Å². The molecule has 20 heavy (non-hydrogen) atoms. The maximum Gasteiger partial charge on any atom is 0.222 e. The number of aliphatic hydroxyl groups excluding tert-OH is 1. The standard InChI is InChI=1S/C15H24N2O3/c1-11(2)20-14-6-4-12(10-13(14)16)5-7-15(19)17(3)8-9-18/h4,6,10-11,18H,5,7-9,16H2,1-3H3. The third-order valence-electron chi connectivity index (χ3n) is 2.93. The molecule has 0 unspecified atom stereocenters.